The van der Waals surface area contributed by atoms with Gasteiger partial charge in [-0.25, -0.2) is 0 Å². The fourth-order valence-electron chi connectivity index (χ4n) is 0.343. The molecular formula is C10H18O4. The van der Waals surface area contributed by atoms with Crippen molar-refractivity contribution in [3.63, 3.8) is 0 Å². The first-order chi connectivity index (χ1) is 6.36. The van der Waals surface area contributed by atoms with Gasteiger partial charge in [0.15, 0.2) is 0 Å². The summed E-state index contributed by atoms with van der Waals surface area (Å²) in [7, 11) is 1.27. The molecule has 0 aliphatic carbocycles. The Morgan fingerprint density at radius 2 is 1.57 bits per heavy atom. The molecule has 0 saturated carbocycles. The maximum atomic E-state index is 10.5. The van der Waals surface area contributed by atoms with E-state index in [1.807, 2.05) is 6.92 Å². The number of rotatable bonds is 3. The molecule has 0 saturated heterocycles. The minimum Gasteiger partial charge on any atom is -0.468 e. The number of ketones is 2. The second kappa shape index (κ2) is 8.41. The molecule has 0 heterocycles. The molecule has 0 fully saturated rings. The van der Waals surface area contributed by atoms with Crippen LogP contribution in [0.15, 0.2) is 0 Å². The van der Waals surface area contributed by atoms with Crippen LogP contribution in [0.25, 0.3) is 0 Å². The maximum Gasteiger partial charge on any atom is 0.315 e. The summed E-state index contributed by atoms with van der Waals surface area (Å²) in [5.41, 5.74) is 0. The summed E-state index contributed by atoms with van der Waals surface area (Å²) in [6, 6.07) is 0. The van der Waals surface area contributed by atoms with Crippen molar-refractivity contribution in [2.24, 2.45) is 5.92 Å². The first kappa shape index (κ1) is 15.3. The third kappa shape index (κ3) is 8.90. The van der Waals surface area contributed by atoms with E-state index in [-0.39, 0.29) is 11.6 Å². The van der Waals surface area contributed by atoms with Crippen molar-refractivity contribution in [3.8, 4) is 0 Å². The molecule has 0 radical (unpaired) electrons. The molecule has 0 spiro atoms. The molecule has 1 atom stereocenters. The maximum absolute atomic E-state index is 10.5. The molecule has 14 heavy (non-hydrogen) atoms. The van der Waals surface area contributed by atoms with Gasteiger partial charge in [0.2, 0.25) is 0 Å². The molecule has 0 amide bonds. The van der Waals surface area contributed by atoms with Crippen LogP contribution in [-0.4, -0.2) is 24.6 Å². The molecule has 4 heteroatoms. The van der Waals surface area contributed by atoms with Crippen LogP contribution in [0.1, 0.15) is 34.1 Å². The first-order valence-corrected chi connectivity index (χ1v) is 4.44. The fraction of sp³-hybridized carbons (Fsp3) is 0.700. The topological polar surface area (TPSA) is 60.4 Å². The van der Waals surface area contributed by atoms with Crippen LogP contribution in [-0.2, 0) is 19.1 Å². The van der Waals surface area contributed by atoms with Gasteiger partial charge in [0.25, 0.3) is 0 Å². The Labute approximate surface area is 84.6 Å². The van der Waals surface area contributed by atoms with E-state index in [2.05, 4.69) is 4.74 Å². The Hall–Kier alpha value is -1.19. The second-order valence-corrected chi connectivity index (χ2v) is 2.91. The van der Waals surface area contributed by atoms with Crippen molar-refractivity contribution >= 4 is 17.5 Å². The lowest BCUT2D eigenvalue weighted by Gasteiger charge is -2.02. The number of carbonyl (C=O) groups is 3. The normalized spacial score (nSPS) is 10.6. The lowest BCUT2D eigenvalue weighted by Crippen LogP contribution is -2.19. The van der Waals surface area contributed by atoms with Crippen molar-refractivity contribution in [2.45, 2.75) is 34.1 Å². The van der Waals surface area contributed by atoms with Crippen molar-refractivity contribution in [1.29, 1.82) is 0 Å². The highest BCUT2D eigenvalue weighted by Gasteiger charge is 2.16. The smallest absolute Gasteiger partial charge is 0.315 e. The van der Waals surface area contributed by atoms with Crippen LogP contribution >= 0.6 is 0 Å². The third-order valence-electron chi connectivity index (χ3n) is 1.66. The Balaban J connectivity index is 0. The number of esters is 1. The minimum atomic E-state index is -0.616. The quantitative estimate of drug-likeness (QED) is 0.512. The van der Waals surface area contributed by atoms with Crippen LogP contribution in [0, 0.1) is 5.92 Å². The summed E-state index contributed by atoms with van der Waals surface area (Å²) >= 11 is 0. The highest BCUT2D eigenvalue weighted by molar-refractivity contribution is 5.97. The number of ether oxygens (including phenoxy) is 1. The molecule has 0 aliphatic rings. The molecule has 0 bridgehead atoms. The van der Waals surface area contributed by atoms with E-state index in [0.29, 0.717) is 6.42 Å². The highest BCUT2D eigenvalue weighted by Crippen LogP contribution is 1.97. The van der Waals surface area contributed by atoms with Gasteiger partial charge in [0.1, 0.15) is 17.5 Å². The van der Waals surface area contributed by atoms with Gasteiger partial charge in [0.05, 0.1) is 7.11 Å². The zero-order chi connectivity index (χ0) is 11.7. The van der Waals surface area contributed by atoms with E-state index in [1.165, 1.54) is 21.0 Å². The van der Waals surface area contributed by atoms with Crippen molar-refractivity contribution in [3.05, 3.63) is 0 Å². The average molecular weight is 202 g/mol. The van der Waals surface area contributed by atoms with Crippen LogP contribution in [0.3, 0.4) is 0 Å². The molecule has 82 valence electrons. The van der Waals surface area contributed by atoms with Gasteiger partial charge in [-0.15, -0.1) is 0 Å². The van der Waals surface area contributed by atoms with E-state index >= 15 is 0 Å². The summed E-state index contributed by atoms with van der Waals surface area (Å²) in [6.45, 7) is 6.32. The summed E-state index contributed by atoms with van der Waals surface area (Å²) in [5.74, 6) is -0.996. The van der Waals surface area contributed by atoms with Crippen LogP contribution in [0.2, 0.25) is 0 Å². The number of hydrogen-bond donors (Lipinski definition) is 0. The van der Waals surface area contributed by atoms with Gasteiger partial charge in [-0.3, -0.25) is 9.59 Å². The monoisotopic (exact) mass is 202 g/mol. The molecule has 0 aromatic heterocycles. The van der Waals surface area contributed by atoms with Crippen molar-refractivity contribution < 1.29 is 19.1 Å². The van der Waals surface area contributed by atoms with E-state index < -0.39 is 11.9 Å². The van der Waals surface area contributed by atoms with Gasteiger partial charge in [0, 0.05) is 6.42 Å². The molecule has 0 aliphatic heterocycles. The predicted molar refractivity (Wildman–Crippen MR) is 52.8 cm³/mol. The van der Waals surface area contributed by atoms with E-state index in [4.69, 9.17) is 0 Å². The zero-order valence-corrected chi connectivity index (χ0v) is 9.42. The Bertz CT molecular complexity index is 208. The molecule has 0 aromatic carbocycles. The van der Waals surface area contributed by atoms with Crippen molar-refractivity contribution in [1.82, 2.24) is 0 Å². The lowest BCUT2D eigenvalue weighted by molar-refractivity contribution is -0.148. The number of hydrogen-bond acceptors (Lipinski definition) is 4. The SMILES string of the molecule is CCC(C)=O.COC(=O)C(C)C(C)=O. The molecule has 0 rings (SSSR count). The molecule has 0 N–H and O–H groups in total. The number of methoxy groups -OCH3 is 1. The largest absolute Gasteiger partial charge is 0.468 e. The average Bonchev–Trinajstić information content (AvgIpc) is 2.16. The lowest BCUT2D eigenvalue weighted by atomic mass is 10.1. The molecule has 1 unspecified atom stereocenters. The predicted octanol–water partition coefficient (Wildman–Crippen LogP) is 1.37. The minimum absolute atomic E-state index is 0.165. The highest BCUT2D eigenvalue weighted by atomic mass is 16.5. The van der Waals surface area contributed by atoms with Gasteiger partial charge in [-0.05, 0) is 20.8 Å². The Morgan fingerprint density at radius 1 is 1.21 bits per heavy atom. The van der Waals surface area contributed by atoms with Crippen LogP contribution in [0.5, 0.6) is 0 Å². The second-order valence-electron chi connectivity index (χ2n) is 2.91. The van der Waals surface area contributed by atoms with E-state index in [9.17, 15) is 14.4 Å². The van der Waals surface area contributed by atoms with Crippen molar-refractivity contribution in [2.75, 3.05) is 7.11 Å². The summed E-state index contributed by atoms with van der Waals surface area (Å²) in [5, 5.41) is 0. The molecular weight excluding hydrogens is 184 g/mol. The summed E-state index contributed by atoms with van der Waals surface area (Å²) in [4.78, 5) is 30.8. The van der Waals surface area contributed by atoms with Gasteiger partial charge in [-0.1, -0.05) is 6.92 Å². The third-order valence-corrected chi connectivity index (χ3v) is 1.66. The Kier molecular flexibility index (Phi) is 9.18. The zero-order valence-electron chi connectivity index (χ0n) is 9.42. The first-order valence-electron chi connectivity index (χ1n) is 4.44. The summed E-state index contributed by atoms with van der Waals surface area (Å²) < 4.78 is 4.31. The Morgan fingerprint density at radius 3 is 1.64 bits per heavy atom. The van der Waals surface area contributed by atoms with E-state index in [1.54, 1.807) is 6.92 Å². The van der Waals surface area contributed by atoms with Gasteiger partial charge in [-0.2, -0.15) is 0 Å². The van der Waals surface area contributed by atoms with Crippen LogP contribution < -0.4 is 0 Å². The molecule has 4 nitrogen and oxygen atoms in total. The number of Topliss-reactive ketones (excluding diaryl/α,β-unsaturated/α-hetero) is 2. The standard InChI is InChI=1S/C6H10O3.C4H8O/c1-4(5(2)7)6(8)9-3;1-3-4(2)5/h4H,1-3H3;3H2,1-2H3. The van der Waals surface area contributed by atoms with Crippen LogP contribution in [0.4, 0.5) is 0 Å². The van der Waals surface area contributed by atoms with E-state index in [0.717, 1.165) is 0 Å². The van der Waals surface area contributed by atoms with Gasteiger partial charge >= 0.3 is 5.97 Å². The number of carbonyl (C=O) groups excluding carboxylic acids is 3. The summed E-state index contributed by atoms with van der Waals surface area (Å²) in [6.07, 6.45) is 0.667. The fourth-order valence-corrected chi connectivity index (χ4v) is 0.343. The van der Waals surface area contributed by atoms with Gasteiger partial charge < -0.3 is 9.53 Å². The molecule has 0 aromatic rings.